The van der Waals surface area contributed by atoms with Crippen molar-refractivity contribution < 1.29 is 28.0 Å². The van der Waals surface area contributed by atoms with E-state index in [1.807, 2.05) is 6.92 Å². The predicted molar refractivity (Wildman–Crippen MR) is 103 cm³/mol. The maximum absolute atomic E-state index is 12.2. The number of aromatic nitrogens is 1. The van der Waals surface area contributed by atoms with Crippen molar-refractivity contribution in [1.29, 1.82) is 0 Å². The van der Waals surface area contributed by atoms with Crippen LogP contribution in [0.15, 0.2) is 41.6 Å². The van der Waals surface area contributed by atoms with Crippen LogP contribution in [0, 0.1) is 0 Å². The van der Waals surface area contributed by atoms with Gasteiger partial charge in [-0.05, 0) is 44.0 Å². The van der Waals surface area contributed by atoms with Gasteiger partial charge in [-0.2, -0.15) is 0 Å². The monoisotopic (exact) mass is 405 g/mol. The van der Waals surface area contributed by atoms with Gasteiger partial charge in [-0.25, -0.2) is 9.78 Å². The lowest BCUT2D eigenvalue weighted by Crippen LogP contribution is -2.18. The molecule has 2 unspecified atom stereocenters. The Balaban J connectivity index is 1.79. The Morgan fingerprint density at radius 3 is 2.54 bits per heavy atom. The first-order valence-electron chi connectivity index (χ1n) is 8.93. The molecule has 8 heteroatoms. The van der Waals surface area contributed by atoms with E-state index in [0.29, 0.717) is 34.4 Å². The highest BCUT2D eigenvalue weighted by atomic mass is 32.2. The van der Waals surface area contributed by atoms with E-state index < -0.39 is 16.8 Å². The van der Waals surface area contributed by atoms with Crippen LogP contribution >= 0.6 is 0 Å². The number of carbonyl (C=O) groups is 1. The Labute approximate surface area is 166 Å². The van der Waals surface area contributed by atoms with E-state index in [1.165, 1.54) is 13.3 Å². The van der Waals surface area contributed by atoms with Crippen molar-refractivity contribution in [2.45, 2.75) is 36.1 Å². The van der Waals surface area contributed by atoms with E-state index in [0.717, 1.165) is 12.8 Å². The minimum atomic E-state index is -1.06. The van der Waals surface area contributed by atoms with E-state index in [2.05, 4.69) is 4.98 Å². The number of rotatable bonds is 9. The maximum Gasteiger partial charge on any atom is 0.338 e. The number of pyridine rings is 1. The number of nitrogens with zero attached hydrogens (tertiary/aromatic N) is 1. The van der Waals surface area contributed by atoms with E-state index in [4.69, 9.17) is 18.9 Å². The molecule has 0 N–H and O–H groups in total. The number of benzene rings is 1. The van der Waals surface area contributed by atoms with Crippen LogP contribution in [0.25, 0.3) is 0 Å². The van der Waals surface area contributed by atoms with Gasteiger partial charge in [-0.1, -0.05) is 0 Å². The second kappa shape index (κ2) is 9.16. The molecule has 28 heavy (non-hydrogen) atoms. The first kappa shape index (κ1) is 20.3. The van der Waals surface area contributed by atoms with Crippen LogP contribution < -0.4 is 9.47 Å². The fourth-order valence-electron chi connectivity index (χ4n) is 2.57. The van der Waals surface area contributed by atoms with Gasteiger partial charge in [0, 0.05) is 18.4 Å². The molecule has 0 saturated heterocycles. The van der Waals surface area contributed by atoms with E-state index >= 15 is 0 Å². The van der Waals surface area contributed by atoms with Crippen molar-refractivity contribution in [2.75, 3.05) is 20.8 Å². The van der Waals surface area contributed by atoms with Crippen LogP contribution in [0.2, 0.25) is 0 Å². The molecule has 1 aromatic carbocycles. The third-order valence-electron chi connectivity index (χ3n) is 4.02. The molecule has 0 spiro atoms. The van der Waals surface area contributed by atoms with Gasteiger partial charge in [0.25, 0.3) is 0 Å². The third kappa shape index (κ3) is 5.30. The lowest BCUT2D eigenvalue weighted by molar-refractivity contribution is 0.0598. The lowest BCUT2D eigenvalue weighted by atomic mass is 10.2. The van der Waals surface area contributed by atoms with Gasteiger partial charge in [0.15, 0.2) is 0 Å². The third-order valence-corrected chi connectivity index (χ3v) is 5.75. The van der Waals surface area contributed by atoms with Crippen LogP contribution in [0.1, 0.15) is 30.1 Å². The van der Waals surface area contributed by atoms with Crippen molar-refractivity contribution >= 4 is 16.8 Å². The Morgan fingerprint density at radius 1 is 1.18 bits per heavy atom. The van der Waals surface area contributed by atoms with Gasteiger partial charge in [0.2, 0.25) is 0 Å². The predicted octanol–water partition coefficient (Wildman–Crippen LogP) is 3.34. The molecule has 0 radical (unpaired) electrons. The summed E-state index contributed by atoms with van der Waals surface area (Å²) in [5.74, 6) is 0.833. The number of carbonyl (C=O) groups excluding carboxylic acids is 1. The SMILES string of the molecule is COCC(C)Oc1cc(Oc2ccc(S(=O)C3CC3)nc2)cc(C(=O)OC)c1. The molecule has 1 aliphatic rings. The minimum absolute atomic E-state index is 0.205. The van der Waals surface area contributed by atoms with Crippen molar-refractivity contribution in [1.82, 2.24) is 4.98 Å². The standard InChI is InChI=1S/C20H23NO6S/c1-13(12-24-2)26-16-8-14(20(22)25-3)9-17(10-16)27-15-4-7-19(21-11-15)28(23)18-5-6-18/h4,7-11,13,18H,5-6,12H2,1-3H3. The van der Waals surface area contributed by atoms with Gasteiger partial charge in [-0.15, -0.1) is 0 Å². The number of ether oxygens (including phenoxy) is 4. The van der Waals surface area contributed by atoms with Gasteiger partial charge < -0.3 is 18.9 Å². The zero-order valence-electron chi connectivity index (χ0n) is 16.0. The van der Waals surface area contributed by atoms with Gasteiger partial charge in [-0.3, -0.25) is 4.21 Å². The topological polar surface area (TPSA) is 84.0 Å². The van der Waals surface area contributed by atoms with E-state index in [1.54, 1.807) is 37.4 Å². The molecule has 7 nitrogen and oxygen atoms in total. The highest BCUT2D eigenvalue weighted by Crippen LogP contribution is 2.31. The molecule has 1 heterocycles. The second-order valence-electron chi connectivity index (χ2n) is 6.50. The molecule has 1 fully saturated rings. The fraction of sp³-hybridized carbons (Fsp3) is 0.400. The zero-order chi connectivity index (χ0) is 20.1. The summed E-state index contributed by atoms with van der Waals surface area (Å²) in [6.07, 6.45) is 3.28. The minimum Gasteiger partial charge on any atom is -0.488 e. The molecule has 150 valence electrons. The summed E-state index contributed by atoms with van der Waals surface area (Å²) in [7, 11) is 1.84. The average molecular weight is 405 g/mol. The number of hydrogen-bond acceptors (Lipinski definition) is 7. The molecular weight excluding hydrogens is 382 g/mol. The zero-order valence-corrected chi connectivity index (χ0v) is 16.9. The molecule has 1 aromatic heterocycles. The van der Waals surface area contributed by atoms with Gasteiger partial charge in [0.1, 0.15) is 28.4 Å². The number of esters is 1. The Kier molecular flexibility index (Phi) is 6.64. The number of methoxy groups -OCH3 is 2. The Morgan fingerprint density at radius 2 is 1.93 bits per heavy atom. The van der Waals surface area contributed by atoms with Crippen molar-refractivity contribution in [3.63, 3.8) is 0 Å². The van der Waals surface area contributed by atoms with Gasteiger partial charge >= 0.3 is 5.97 Å². The largest absolute Gasteiger partial charge is 0.488 e. The van der Waals surface area contributed by atoms with E-state index in [9.17, 15) is 9.00 Å². The van der Waals surface area contributed by atoms with Crippen LogP contribution in [-0.2, 0) is 20.3 Å². The van der Waals surface area contributed by atoms with E-state index in [-0.39, 0.29) is 11.4 Å². The van der Waals surface area contributed by atoms with Crippen molar-refractivity contribution in [2.24, 2.45) is 0 Å². The summed E-state index contributed by atoms with van der Waals surface area (Å²) >= 11 is 0. The maximum atomic E-state index is 12.2. The number of hydrogen-bond donors (Lipinski definition) is 0. The molecule has 2 aromatic rings. The lowest BCUT2D eigenvalue weighted by Gasteiger charge is -2.16. The van der Waals surface area contributed by atoms with Crippen LogP contribution in [0.3, 0.4) is 0 Å². The molecule has 0 amide bonds. The average Bonchev–Trinajstić information content (AvgIpc) is 3.52. The summed E-state index contributed by atoms with van der Waals surface area (Å²) in [6.45, 7) is 2.26. The first-order chi connectivity index (χ1) is 13.5. The summed E-state index contributed by atoms with van der Waals surface area (Å²) in [4.78, 5) is 16.2. The van der Waals surface area contributed by atoms with Crippen molar-refractivity contribution in [3.05, 3.63) is 42.1 Å². The molecule has 1 aliphatic carbocycles. The highest BCUT2D eigenvalue weighted by Gasteiger charge is 2.30. The fourth-order valence-corrected chi connectivity index (χ4v) is 3.84. The normalized spacial score (nSPS) is 15.5. The summed E-state index contributed by atoms with van der Waals surface area (Å²) in [5, 5.41) is 0.778. The molecule has 1 saturated carbocycles. The Bertz CT molecular complexity index is 850. The molecule has 0 bridgehead atoms. The summed E-state index contributed by atoms with van der Waals surface area (Å²) < 4.78 is 33.6. The second-order valence-corrected chi connectivity index (χ2v) is 8.18. The molecule has 3 rings (SSSR count). The quantitative estimate of drug-likeness (QED) is 0.592. The molecular formula is C20H23NO6S. The molecule has 0 aliphatic heterocycles. The van der Waals surface area contributed by atoms with Crippen LogP contribution in [-0.4, -0.2) is 47.3 Å². The van der Waals surface area contributed by atoms with Crippen molar-refractivity contribution in [3.8, 4) is 17.2 Å². The van der Waals surface area contributed by atoms with Crippen LogP contribution in [0.4, 0.5) is 0 Å². The van der Waals surface area contributed by atoms with Gasteiger partial charge in [0.05, 0.1) is 36.3 Å². The smallest absolute Gasteiger partial charge is 0.338 e. The Hall–Kier alpha value is -2.45. The highest BCUT2D eigenvalue weighted by molar-refractivity contribution is 7.85. The van der Waals surface area contributed by atoms with Crippen LogP contribution in [0.5, 0.6) is 17.2 Å². The summed E-state index contributed by atoms with van der Waals surface area (Å²) in [6, 6.07) is 8.24. The summed E-state index contributed by atoms with van der Waals surface area (Å²) in [5.41, 5.74) is 0.305. The first-order valence-corrected chi connectivity index (χ1v) is 10.1. The molecule has 2 atom stereocenters.